The number of ether oxygens (including phenoxy) is 1. The summed E-state index contributed by atoms with van der Waals surface area (Å²) in [6.45, 7) is 0. The van der Waals surface area contributed by atoms with Crippen LogP contribution in [0.3, 0.4) is 0 Å². The number of carbonyl (C=O) groups is 2. The summed E-state index contributed by atoms with van der Waals surface area (Å²) in [4.78, 5) is 28.8. The standard InChI is InChI=1S/C22H21N3O3/c1-24-18(12-15-8-5-4-6-9-15)21(26)25(2)19(22(24)27)13-17-16(14-23)10-7-11-20(17)28-3/h4-11,13,18H,12H2,1-3H3/b19-13-. The zero-order chi connectivity index (χ0) is 20.3. The molecule has 1 fully saturated rings. The lowest BCUT2D eigenvalue weighted by atomic mass is 9.99. The number of rotatable bonds is 4. The number of nitriles is 1. The zero-order valence-corrected chi connectivity index (χ0v) is 16.0. The van der Waals surface area contributed by atoms with Crippen molar-refractivity contribution in [1.82, 2.24) is 9.80 Å². The average molecular weight is 375 g/mol. The van der Waals surface area contributed by atoms with Crippen LogP contribution < -0.4 is 4.74 Å². The number of hydrogen-bond acceptors (Lipinski definition) is 4. The lowest BCUT2D eigenvalue weighted by Gasteiger charge is -2.38. The maximum atomic E-state index is 13.0. The molecule has 0 aliphatic carbocycles. The van der Waals surface area contributed by atoms with Crippen LogP contribution in [0.4, 0.5) is 0 Å². The summed E-state index contributed by atoms with van der Waals surface area (Å²) in [5, 5.41) is 9.40. The molecule has 0 radical (unpaired) electrons. The largest absolute Gasteiger partial charge is 0.496 e. The zero-order valence-electron chi connectivity index (χ0n) is 16.0. The fraction of sp³-hybridized carbons (Fsp3) is 0.227. The Labute approximate surface area is 164 Å². The van der Waals surface area contributed by atoms with E-state index in [0.717, 1.165) is 5.56 Å². The third-order valence-corrected chi connectivity index (χ3v) is 4.94. The van der Waals surface area contributed by atoms with E-state index >= 15 is 0 Å². The summed E-state index contributed by atoms with van der Waals surface area (Å²) >= 11 is 0. The topological polar surface area (TPSA) is 73.6 Å². The number of likely N-dealkylation sites (N-methyl/N-ethyl adjacent to an activating group) is 2. The van der Waals surface area contributed by atoms with Gasteiger partial charge in [0, 0.05) is 26.1 Å². The molecule has 6 nitrogen and oxygen atoms in total. The van der Waals surface area contributed by atoms with Gasteiger partial charge in [-0.05, 0) is 23.8 Å². The molecule has 1 atom stereocenters. The van der Waals surface area contributed by atoms with Gasteiger partial charge >= 0.3 is 0 Å². The van der Waals surface area contributed by atoms with E-state index in [-0.39, 0.29) is 17.5 Å². The molecule has 6 heteroatoms. The summed E-state index contributed by atoms with van der Waals surface area (Å²) in [6.07, 6.45) is 1.99. The summed E-state index contributed by atoms with van der Waals surface area (Å²) < 4.78 is 5.33. The van der Waals surface area contributed by atoms with Crippen LogP contribution in [0, 0.1) is 11.3 Å². The molecule has 142 valence electrons. The van der Waals surface area contributed by atoms with Gasteiger partial charge in [-0.25, -0.2) is 0 Å². The van der Waals surface area contributed by atoms with E-state index in [2.05, 4.69) is 6.07 Å². The molecular formula is C22H21N3O3. The third-order valence-electron chi connectivity index (χ3n) is 4.94. The Morgan fingerprint density at radius 1 is 1.11 bits per heavy atom. The van der Waals surface area contributed by atoms with Crippen molar-refractivity contribution < 1.29 is 14.3 Å². The lowest BCUT2D eigenvalue weighted by Crippen LogP contribution is -2.56. The molecule has 1 aliphatic rings. The van der Waals surface area contributed by atoms with E-state index in [4.69, 9.17) is 4.74 Å². The van der Waals surface area contributed by atoms with E-state index in [1.165, 1.54) is 16.9 Å². The van der Waals surface area contributed by atoms with Crippen molar-refractivity contribution in [2.45, 2.75) is 12.5 Å². The number of nitrogens with zero attached hydrogens (tertiary/aromatic N) is 3. The van der Waals surface area contributed by atoms with Crippen molar-refractivity contribution in [2.24, 2.45) is 0 Å². The van der Waals surface area contributed by atoms with E-state index in [0.29, 0.717) is 23.3 Å². The maximum Gasteiger partial charge on any atom is 0.271 e. The molecule has 1 saturated heterocycles. The van der Waals surface area contributed by atoms with Crippen LogP contribution in [0.1, 0.15) is 16.7 Å². The molecule has 0 aromatic heterocycles. The Kier molecular flexibility index (Phi) is 5.46. The second kappa shape index (κ2) is 7.97. The van der Waals surface area contributed by atoms with E-state index < -0.39 is 6.04 Å². The Balaban J connectivity index is 1.98. The maximum absolute atomic E-state index is 13.0. The van der Waals surface area contributed by atoms with Crippen LogP contribution in [-0.4, -0.2) is 48.9 Å². The first-order valence-electron chi connectivity index (χ1n) is 8.85. The van der Waals surface area contributed by atoms with Gasteiger partial charge in [-0.3, -0.25) is 9.59 Å². The molecule has 2 aromatic carbocycles. The molecule has 28 heavy (non-hydrogen) atoms. The molecule has 1 unspecified atom stereocenters. The first kappa shape index (κ1) is 19.2. The monoisotopic (exact) mass is 375 g/mol. The molecule has 1 heterocycles. The number of piperazine rings is 1. The Morgan fingerprint density at radius 3 is 2.46 bits per heavy atom. The van der Waals surface area contributed by atoms with Crippen molar-refractivity contribution >= 4 is 17.9 Å². The number of benzene rings is 2. The van der Waals surface area contributed by atoms with Crippen LogP contribution in [0.25, 0.3) is 6.08 Å². The highest BCUT2D eigenvalue weighted by atomic mass is 16.5. The summed E-state index contributed by atoms with van der Waals surface area (Å²) in [5.74, 6) is 0.0118. The molecule has 3 rings (SSSR count). The number of methoxy groups -OCH3 is 1. The number of carbonyl (C=O) groups excluding carboxylic acids is 2. The molecule has 0 bridgehead atoms. The predicted molar refractivity (Wildman–Crippen MR) is 105 cm³/mol. The van der Waals surface area contributed by atoms with Crippen molar-refractivity contribution in [3.63, 3.8) is 0 Å². The number of amides is 2. The highest BCUT2D eigenvalue weighted by Crippen LogP contribution is 2.28. The first-order valence-corrected chi connectivity index (χ1v) is 8.85. The predicted octanol–water partition coefficient (Wildman–Crippen LogP) is 2.45. The summed E-state index contributed by atoms with van der Waals surface area (Å²) in [7, 11) is 4.71. The van der Waals surface area contributed by atoms with Crippen molar-refractivity contribution in [1.29, 1.82) is 5.26 Å². The van der Waals surface area contributed by atoms with Gasteiger partial charge in [-0.1, -0.05) is 36.4 Å². The average Bonchev–Trinajstić information content (AvgIpc) is 2.73. The quantitative estimate of drug-likeness (QED) is 0.770. The Bertz CT molecular complexity index is 976. The van der Waals surface area contributed by atoms with Crippen LogP contribution in [0.15, 0.2) is 54.2 Å². The fourth-order valence-electron chi connectivity index (χ4n) is 3.30. The SMILES string of the molecule is COc1cccc(C#N)c1/C=C1/C(=O)N(C)C(Cc2ccccc2)C(=O)N1C. The summed E-state index contributed by atoms with van der Waals surface area (Å²) in [6, 6.07) is 16.2. The van der Waals surface area contributed by atoms with Gasteiger partial charge in [0.15, 0.2) is 0 Å². The molecule has 2 aromatic rings. The second-order valence-electron chi connectivity index (χ2n) is 6.58. The van der Waals surface area contributed by atoms with Gasteiger partial charge in [-0.2, -0.15) is 5.26 Å². The minimum Gasteiger partial charge on any atom is -0.496 e. The summed E-state index contributed by atoms with van der Waals surface area (Å²) in [5.41, 5.74) is 2.04. The van der Waals surface area contributed by atoms with Gasteiger partial charge in [0.2, 0.25) is 5.91 Å². The van der Waals surface area contributed by atoms with Crippen LogP contribution >= 0.6 is 0 Å². The van der Waals surface area contributed by atoms with Gasteiger partial charge in [0.05, 0.1) is 18.7 Å². The van der Waals surface area contributed by atoms with E-state index in [1.807, 2.05) is 30.3 Å². The molecule has 1 aliphatic heterocycles. The Hall–Kier alpha value is -3.59. The molecule has 0 saturated carbocycles. The smallest absolute Gasteiger partial charge is 0.271 e. The van der Waals surface area contributed by atoms with Crippen LogP contribution in [-0.2, 0) is 16.0 Å². The van der Waals surface area contributed by atoms with Crippen molar-refractivity contribution in [3.05, 3.63) is 70.9 Å². The van der Waals surface area contributed by atoms with Crippen LogP contribution in [0.5, 0.6) is 5.75 Å². The molecule has 2 amide bonds. The lowest BCUT2D eigenvalue weighted by molar-refractivity contribution is -0.148. The Morgan fingerprint density at radius 2 is 1.82 bits per heavy atom. The molecule has 0 spiro atoms. The first-order chi connectivity index (χ1) is 13.5. The highest BCUT2D eigenvalue weighted by Gasteiger charge is 2.39. The third kappa shape index (κ3) is 3.47. The second-order valence-corrected chi connectivity index (χ2v) is 6.58. The normalized spacial score (nSPS) is 18.4. The van der Waals surface area contributed by atoms with Gasteiger partial charge in [0.25, 0.3) is 5.91 Å². The fourth-order valence-corrected chi connectivity index (χ4v) is 3.30. The van der Waals surface area contributed by atoms with E-state index in [9.17, 15) is 14.9 Å². The van der Waals surface area contributed by atoms with Gasteiger partial charge in [0.1, 0.15) is 17.5 Å². The molecule has 0 N–H and O–H groups in total. The van der Waals surface area contributed by atoms with Crippen LogP contribution in [0.2, 0.25) is 0 Å². The highest BCUT2D eigenvalue weighted by molar-refractivity contribution is 6.07. The minimum atomic E-state index is -0.579. The van der Waals surface area contributed by atoms with E-state index in [1.54, 1.807) is 38.4 Å². The minimum absolute atomic E-state index is 0.175. The van der Waals surface area contributed by atoms with Crippen molar-refractivity contribution in [2.75, 3.05) is 21.2 Å². The van der Waals surface area contributed by atoms with Gasteiger partial charge in [-0.15, -0.1) is 0 Å². The number of hydrogen-bond donors (Lipinski definition) is 0. The molecular weight excluding hydrogens is 354 g/mol. The van der Waals surface area contributed by atoms with Crippen molar-refractivity contribution in [3.8, 4) is 11.8 Å². The van der Waals surface area contributed by atoms with Gasteiger partial charge < -0.3 is 14.5 Å².